The molecule has 2 aromatic carbocycles. The Morgan fingerprint density at radius 2 is 1.74 bits per heavy atom. The molecular formula is C23H26N2O6. The third-order valence-corrected chi connectivity index (χ3v) is 4.99. The lowest BCUT2D eigenvalue weighted by atomic mass is 9.94. The topological polar surface area (TPSA) is 95.1 Å². The number of rotatable bonds is 8. The SMILES string of the molecule is CCC1=C(C(=O)OC)C(c2ccc(OCc3ccc(OC)cc3)c(OC)c2)NC(=O)N1. The molecule has 31 heavy (non-hydrogen) atoms. The van der Waals surface area contributed by atoms with Gasteiger partial charge in [-0.15, -0.1) is 0 Å². The highest BCUT2D eigenvalue weighted by atomic mass is 16.5. The molecule has 8 nitrogen and oxygen atoms in total. The molecule has 1 heterocycles. The molecule has 1 aliphatic heterocycles. The summed E-state index contributed by atoms with van der Waals surface area (Å²) in [6.45, 7) is 2.20. The van der Waals surface area contributed by atoms with E-state index in [-0.39, 0.29) is 6.03 Å². The number of urea groups is 1. The first-order valence-corrected chi connectivity index (χ1v) is 9.83. The summed E-state index contributed by atoms with van der Waals surface area (Å²) in [4.78, 5) is 24.5. The van der Waals surface area contributed by atoms with Gasteiger partial charge in [0.2, 0.25) is 0 Å². The van der Waals surface area contributed by atoms with Crippen molar-refractivity contribution in [3.05, 3.63) is 64.9 Å². The van der Waals surface area contributed by atoms with E-state index in [9.17, 15) is 9.59 Å². The average Bonchev–Trinajstić information content (AvgIpc) is 2.81. The Bertz CT molecular complexity index is 984. The Kier molecular flexibility index (Phi) is 7.02. The summed E-state index contributed by atoms with van der Waals surface area (Å²) < 4.78 is 21.5. The maximum atomic E-state index is 12.4. The van der Waals surface area contributed by atoms with Gasteiger partial charge < -0.3 is 29.6 Å². The van der Waals surface area contributed by atoms with E-state index in [1.54, 1.807) is 25.3 Å². The monoisotopic (exact) mass is 426 g/mol. The molecule has 0 saturated carbocycles. The van der Waals surface area contributed by atoms with Crippen molar-refractivity contribution >= 4 is 12.0 Å². The van der Waals surface area contributed by atoms with Crippen LogP contribution in [0.5, 0.6) is 17.2 Å². The van der Waals surface area contributed by atoms with Gasteiger partial charge in [0.05, 0.1) is 32.9 Å². The molecule has 3 rings (SSSR count). The van der Waals surface area contributed by atoms with Crippen molar-refractivity contribution < 1.29 is 28.5 Å². The molecule has 0 aromatic heterocycles. The van der Waals surface area contributed by atoms with E-state index >= 15 is 0 Å². The van der Waals surface area contributed by atoms with E-state index in [2.05, 4.69) is 10.6 Å². The fourth-order valence-electron chi connectivity index (χ4n) is 3.36. The van der Waals surface area contributed by atoms with Crippen LogP contribution >= 0.6 is 0 Å². The van der Waals surface area contributed by atoms with E-state index < -0.39 is 12.0 Å². The Labute approximate surface area is 181 Å². The Hall–Kier alpha value is -3.68. The molecule has 1 atom stereocenters. The van der Waals surface area contributed by atoms with Gasteiger partial charge in [0.15, 0.2) is 11.5 Å². The zero-order valence-electron chi connectivity index (χ0n) is 18.0. The second kappa shape index (κ2) is 9.88. The van der Waals surface area contributed by atoms with Crippen molar-refractivity contribution in [1.82, 2.24) is 10.6 Å². The largest absolute Gasteiger partial charge is 0.497 e. The molecule has 0 aliphatic carbocycles. The molecular weight excluding hydrogens is 400 g/mol. The van der Waals surface area contributed by atoms with Crippen LogP contribution in [0.15, 0.2) is 53.7 Å². The van der Waals surface area contributed by atoms with Crippen LogP contribution in [0.1, 0.15) is 30.5 Å². The molecule has 164 valence electrons. The van der Waals surface area contributed by atoms with Crippen molar-refractivity contribution in [2.24, 2.45) is 0 Å². The predicted molar refractivity (Wildman–Crippen MR) is 114 cm³/mol. The molecule has 1 aliphatic rings. The van der Waals surface area contributed by atoms with Crippen molar-refractivity contribution in [2.75, 3.05) is 21.3 Å². The molecule has 0 saturated heterocycles. The number of hydrogen-bond donors (Lipinski definition) is 2. The van der Waals surface area contributed by atoms with Gasteiger partial charge in [-0.1, -0.05) is 25.1 Å². The number of amides is 2. The van der Waals surface area contributed by atoms with E-state index in [0.717, 1.165) is 11.3 Å². The van der Waals surface area contributed by atoms with Crippen molar-refractivity contribution in [1.29, 1.82) is 0 Å². The van der Waals surface area contributed by atoms with Crippen molar-refractivity contribution in [3.63, 3.8) is 0 Å². The zero-order chi connectivity index (χ0) is 22.4. The van der Waals surface area contributed by atoms with Crippen LogP contribution in [0.4, 0.5) is 4.79 Å². The van der Waals surface area contributed by atoms with Crippen molar-refractivity contribution in [2.45, 2.75) is 26.0 Å². The summed E-state index contributed by atoms with van der Waals surface area (Å²) in [5, 5.41) is 5.47. The number of benzene rings is 2. The number of hydrogen-bond acceptors (Lipinski definition) is 6. The summed E-state index contributed by atoms with van der Waals surface area (Å²) in [6.07, 6.45) is 0.481. The van der Waals surface area contributed by atoms with Gasteiger partial charge >= 0.3 is 12.0 Å². The number of esters is 1. The van der Waals surface area contributed by atoms with Crippen molar-refractivity contribution in [3.8, 4) is 17.2 Å². The second-order valence-corrected chi connectivity index (χ2v) is 6.82. The molecule has 8 heteroatoms. The quantitative estimate of drug-likeness (QED) is 0.628. The normalized spacial score (nSPS) is 15.6. The van der Waals surface area contributed by atoms with Crippen LogP contribution in [0, 0.1) is 0 Å². The average molecular weight is 426 g/mol. The van der Waals surface area contributed by atoms with Gasteiger partial charge in [0.1, 0.15) is 12.4 Å². The number of carbonyl (C=O) groups is 2. The van der Waals surface area contributed by atoms with E-state index in [4.69, 9.17) is 18.9 Å². The maximum Gasteiger partial charge on any atom is 0.337 e. The third kappa shape index (κ3) is 4.91. The number of methoxy groups -OCH3 is 3. The summed E-state index contributed by atoms with van der Waals surface area (Å²) in [5.41, 5.74) is 2.54. The minimum Gasteiger partial charge on any atom is -0.497 e. The lowest BCUT2D eigenvalue weighted by Gasteiger charge is -2.29. The van der Waals surface area contributed by atoms with Crippen LogP contribution in [-0.4, -0.2) is 33.3 Å². The zero-order valence-corrected chi connectivity index (χ0v) is 18.0. The molecule has 0 fully saturated rings. The fourth-order valence-corrected chi connectivity index (χ4v) is 3.36. The molecule has 1 unspecified atom stereocenters. The molecule has 2 aromatic rings. The summed E-state index contributed by atoms with van der Waals surface area (Å²) >= 11 is 0. The Morgan fingerprint density at radius 1 is 1.00 bits per heavy atom. The van der Waals surface area contributed by atoms with Crippen LogP contribution < -0.4 is 24.8 Å². The molecule has 0 spiro atoms. The number of allylic oxidation sites excluding steroid dienone is 1. The van der Waals surface area contributed by atoms with Gasteiger partial charge in [-0.25, -0.2) is 9.59 Å². The first-order chi connectivity index (χ1) is 15.0. The van der Waals surface area contributed by atoms with Gasteiger partial charge in [-0.2, -0.15) is 0 Å². The smallest absolute Gasteiger partial charge is 0.337 e. The van der Waals surface area contributed by atoms with Crippen LogP contribution in [0.2, 0.25) is 0 Å². The third-order valence-electron chi connectivity index (χ3n) is 4.99. The lowest BCUT2D eigenvalue weighted by Crippen LogP contribution is -2.45. The molecule has 0 radical (unpaired) electrons. The van der Waals surface area contributed by atoms with Gasteiger partial charge in [0.25, 0.3) is 0 Å². The lowest BCUT2D eigenvalue weighted by molar-refractivity contribution is -0.136. The van der Waals surface area contributed by atoms with Crippen LogP contribution in [0.25, 0.3) is 0 Å². The standard InChI is InChI=1S/C23H26N2O6/c1-5-17-20(22(26)30-4)21(25-23(27)24-17)15-8-11-18(19(12-15)29-3)31-13-14-6-9-16(28-2)10-7-14/h6-12,21H,5,13H2,1-4H3,(H2,24,25,27). The highest BCUT2D eigenvalue weighted by Gasteiger charge is 2.33. The maximum absolute atomic E-state index is 12.4. The predicted octanol–water partition coefficient (Wildman–Crippen LogP) is 3.47. The van der Waals surface area contributed by atoms with E-state index in [0.29, 0.717) is 41.4 Å². The number of ether oxygens (including phenoxy) is 4. The number of carbonyl (C=O) groups excluding carboxylic acids is 2. The van der Waals surface area contributed by atoms with E-state index in [1.807, 2.05) is 31.2 Å². The highest BCUT2D eigenvalue weighted by Crippen LogP contribution is 2.35. The summed E-state index contributed by atoms with van der Waals surface area (Å²) in [5.74, 6) is 1.30. The highest BCUT2D eigenvalue weighted by molar-refractivity contribution is 5.95. The minimum atomic E-state index is -0.666. The van der Waals surface area contributed by atoms with Gasteiger partial charge in [-0.3, -0.25) is 0 Å². The number of nitrogens with one attached hydrogen (secondary N) is 2. The first-order valence-electron chi connectivity index (χ1n) is 9.83. The van der Waals surface area contributed by atoms with Crippen LogP contribution in [-0.2, 0) is 16.1 Å². The Balaban J connectivity index is 1.86. The molecule has 0 bridgehead atoms. The molecule has 2 amide bonds. The molecule has 2 N–H and O–H groups in total. The first kappa shape index (κ1) is 22.0. The minimum absolute atomic E-state index is 0.344. The summed E-state index contributed by atoms with van der Waals surface area (Å²) in [6, 6.07) is 11.8. The van der Waals surface area contributed by atoms with E-state index in [1.165, 1.54) is 14.2 Å². The summed E-state index contributed by atoms with van der Waals surface area (Å²) in [7, 11) is 4.47. The second-order valence-electron chi connectivity index (χ2n) is 6.82. The van der Waals surface area contributed by atoms with Gasteiger partial charge in [-0.05, 0) is 41.8 Å². The van der Waals surface area contributed by atoms with Gasteiger partial charge in [0, 0.05) is 5.70 Å². The van der Waals surface area contributed by atoms with Crippen LogP contribution in [0.3, 0.4) is 0 Å². The Morgan fingerprint density at radius 3 is 2.35 bits per heavy atom. The fraction of sp³-hybridized carbons (Fsp3) is 0.304.